The first-order valence-electron chi connectivity index (χ1n) is 12.4. The molecule has 0 radical (unpaired) electrons. The van der Waals surface area contributed by atoms with E-state index in [1.807, 2.05) is 0 Å². The molecule has 1 fully saturated rings. The van der Waals surface area contributed by atoms with Crippen LogP contribution in [0.3, 0.4) is 0 Å². The van der Waals surface area contributed by atoms with Crippen LogP contribution in [0.15, 0.2) is 54.9 Å². The van der Waals surface area contributed by atoms with Crippen molar-refractivity contribution < 1.29 is 31.1 Å². The highest BCUT2D eigenvalue weighted by Crippen LogP contribution is 2.36. The Hall–Kier alpha value is -3.91. The normalized spacial score (nSPS) is 15.5. The lowest BCUT2D eigenvalue weighted by molar-refractivity contribution is -0.137. The molecule has 3 aromatic rings. The predicted molar refractivity (Wildman–Crippen MR) is 145 cm³/mol. The number of carbonyl (C=O) groups excluding carboxylic acids is 1. The number of aromatic nitrogens is 2. The molecule has 1 aromatic carbocycles. The number of alkyl halides is 3. The van der Waals surface area contributed by atoms with E-state index in [1.165, 1.54) is 19.3 Å². The molecule has 40 heavy (non-hydrogen) atoms. The molecule has 0 saturated carbocycles. The van der Waals surface area contributed by atoms with Crippen LogP contribution in [-0.4, -0.2) is 56.9 Å². The van der Waals surface area contributed by atoms with Gasteiger partial charge >= 0.3 is 6.18 Å². The SMILES string of the molecule is CN(c1ncccc1CNc1cc(Nc2ccc(C(=O)NCC3CCCO3)cc2)ncc1C(F)(F)F)S(C)(=O)=O. The average Bonchev–Trinajstić information content (AvgIpc) is 3.43. The lowest BCUT2D eigenvalue weighted by atomic mass is 10.1. The van der Waals surface area contributed by atoms with Crippen LogP contribution in [0, 0.1) is 0 Å². The summed E-state index contributed by atoms with van der Waals surface area (Å²) in [7, 11) is -2.32. The van der Waals surface area contributed by atoms with Gasteiger partial charge in [-0.2, -0.15) is 13.2 Å². The summed E-state index contributed by atoms with van der Waals surface area (Å²) in [6, 6.07) is 10.8. The molecular weight excluding hydrogens is 549 g/mol. The number of benzene rings is 1. The topological polar surface area (TPSA) is 126 Å². The third-order valence-electron chi connectivity index (χ3n) is 6.28. The van der Waals surface area contributed by atoms with Gasteiger partial charge in [0.25, 0.3) is 5.91 Å². The maximum absolute atomic E-state index is 13.7. The largest absolute Gasteiger partial charge is 0.419 e. The maximum Gasteiger partial charge on any atom is 0.419 e. The van der Waals surface area contributed by atoms with Crippen molar-refractivity contribution in [1.29, 1.82) is 0 Å². The number of hydrogen-bond donors (Lipinski definition) is 3. The molecular formula is C26H29F3N6O4S. The monoisotopic (exact) mass is 578 g/mol. The minimum Gasteiger partial charge on any atom is -0.380 e. The summed E-state index contributed by atoms with van der Waals surface area (Å²) in [6.07, 6.45) is 0.324. The minimum absolute atomic E-state index is 0.0174. The molecule has 10 nitrogen and oxygen atoms in total. The smallest absolute Gasteiger partial charge is 0.380 e. The molecule has 0 spiro atoms. The van der Waals surface area contributed by atoms with Gasteiger partial charge in [0, 0.05) is 62.0 Å². The summed E-state index contributed by atoms with van der Waals surface area (Å²) < 4.78 is 71.6. The van der Waals surface area contributed by atoms with Gasteiger partial charge in [0.2, 0.25) is 10.0 Å². The number of rotatable bonds is 10. The molecule has 1 amide bonds. The van der Waals surface area contributed by atoms with Gasteiger partial charge in [0.15, 0.2) is 0 Å². The number of amides is 1. The molecule has 3 heterocycles. The summed E-state index contributed by atoms with van der Waals surface area (Å²) in [6.45, 7) is 0.988. The summed E-state index contributed by atoms with van der Waals surface area (Å²) in [5, 5.41) is 8.52. The average molecular weight is 579 g/mol. The lowest BCUT2D eigenvalue weighted by Crippen LogP contribution is -2.31. The van der Waals surface area contributed by atoms with E-state index in [0.717, 1.165) is 23.4 Å². The summed E-state index contributed by atoms with van der Waals surface area (Å²) in [4.78, 5) is 20.4. The second kappa shape index (κ2) is 12.1. The molecule has 214 valence electrons. The molecule has 0 bridgehead atoms. The van der Waals surface area contributed by atoms with Crippen molar-refractivity contribution in [2.75, 3.05) is 41.4 Å². The first kappa shape index (κ1) is 29.1. The molecule has 0 aliphatic carbocycles. The molecule has 1 atom stereocenters. The van der Waals surface area contributed by atoms with Crippen molar-refractivity contribution in [1.82, 2.24) is 15.3 Å². The number of sulfonamides is 1. The fraction of sp³-hybridized carbons (Fsp3) is 0.346. The molecule has 2 aromatic heterocycles. The number of halogens is 3. The van der Waals surface area contributed by atoms with E-state index < -0.39 is 21.8 Å². The van der Waals surface area contributed by atoms with Crippen LogP contribution in [0.5, 0.6) is 0 Å². The van der Waals surface area contributed by atoms with E-state index in [2.05, 4.69) is 25.9 Å². The Morgan fingerprint density at radius 3 is 2.58 bits per heavy atom. The van der Waals surface area contributed by atoms with E-state index in [1.54, 1.807) is 36.4 Å². The highest BCUT2D eigenvalue weighted by Gasteiger charge is 2.34. The van der Waals surface area contributed by atoms with E-state index >= 15 is 0 Å². The van der Waals surface area contributed by atoms with Gasteiger partial charge in [-0.25, -0.2) is 18.4 Å². The minimum atomic E-state index is -4.69. The number of nitrogens with zero attached hydrogens (tertiary/aromatic N) is 3. The highest BCUT2D eigenvalue weighted by molar-refractivity contribution is 7.92. The van der Waals surface area contributed by atoms with Crippen molar-refractivity contribution in [3.8, 4) is 0 Å². The first-order chi connectivity index (χ1) is 18.9. The molecule has 3 N–H and O–H groups in total. The van der Waals surface area contributed by atoms with Crippen LogP contribution in [0.2, 0.25) is 0 Å². The van der Waals surface area contributed by atoms with Gasteiger partial charge < -0.3 is 20.7 Å². The van der Waals surface area contributed by atoms with Crippen LogP contribution in [0.4, 0.5) is 36.2 Å². The van der Waals surface area contributed by atoms with Gasteiger partial charge in [0.1, 0.15) is 11.6 Å². The Morgan fingerprint density at radius 1 is 1.18 bits per heavy atom. The Kier molecular flexibility index (Phi) is 8.79. The van der Waals surface area contributed by atoms with Crippen LogP contribution in [0.1, 0.15) is 34.3 Å². The summed E-state index contributed by atoms with van der Waals surface area (Å²) in [5.74, 6) is -0.0263. The predicted octanol–water partition coefficient (Wildman–Crippen LogP) is 4.16. The zero-order valence-corrected chi connectivity index (χ0v) is 22.6. The molecule has 1 saturated heterocycles. The number of nitrogens with one attached hydrogen (secondary N) is 3. The Balaban J connectivity index is 1.48. The molecule has 1 aliphatic rings. The highest BCUT2D eigenvalue weighted by atomic mass is 32.2. The second-order valence-electron chi connectivity index (χ2n) is 9.23. The van der Waals surface area contributed by atoms with Crippen LogP contribution in [-0.2, 0) is 27.5 Å². The van der Waals surface area contributed by atoms with Crippen molar-refractivity contribution in [2.24, 2.45) is 0 Å². The summed E-state index contributed by atoms with van der Waals surface area (Å²) in [5.41, 5.74) is 0.0733. The van der Waals surface area contributed by atoms with Gasteiger partial charge in [-0.3, -0.25) is 9.10 Å². The Bertz CT molecular complexity index is 1450. The van der Waals surface area contributed by atoms with Crippen molar-refractivity contribution in [2.45, 2.75) is 31.7 Å². The molecule has 4 rings (SSSR count). The van der Waals surface area contributed by atoms with Crippen molar-refractivity contribution >= 4 is 38.9 Å². The van der Waals surface area contributed by atoms with E-state index in [4.69, 9.17) is 4.74 Å². The van der Waals surface area contributed by atoms with Gasteiger partial charge in [-0.1, -0.05) is 6.07 Å². The first-order valence-corrected chi connectivity index (χ1v) is 14.2. The third kappa shape index (κ3) is 7.39. The van der Waals surface area contributed by atoms with Crippen LogP contribution < -0.4 is 20.3 Å². The Labute approximate surface area is 230 Å². The molecule has 14 heteroatoms. The van der Waals surface area contributed by atoms with Gasteiger partial charge in [0.05, 0.1) is 23.6 Å². The zero-order chi connectivity index (χ0) is 28.9. The van der Waals surface area contributed by atoms with E-state index in [0.29, 0.717) is 36.2 Å². The standard InChI is InChI=1S/C26H29F3N6O4S/c1-35(40(2,37)38)24-18(5-3-11-30-24)14-31-22-13-23(32-16-21(22)26(27,28)29)34-19-9-7-17(8-10-19)25(36)33-15-20-6-4-12-39-20/h3,5,7-11,13,16,20H,4,6,12,14-15H2,1-2H3,(H,33,36)(H2,31,32,34). The lowest BCUT2D eigenvalue weighted by Gasteiger charge is -2.20. The quantitative estimate of drug-likeness (QED) is 0.328. The Morgan fingerprint density at radius 2 is 1.93 bits per heavy atom. The molecule has 1 unspecified atom stereocenters. The number of anilines is 4. The summed E-state index contributed by atoms with van der Waals surface area (Å²) >= 11 is 0. The second-order valence-corrected chi connectivity index (χ2v) is 11.2. The fourth-order valence-electron chi connectivity index (χ4n) is 4.06. The number of carbonyl (C=O) groups is 1. The van der Waals surface area contributed by atoms with Crippen LogP contribution in [0.25, 0.3) is 0 Å². The van der Waals surface area contributed by atoms with Gasteiger partial charge in [-0.15, -0.1) is 0 Å². The molecule has 1 aliphatic heterocycles. The van der Waals surface area contributed by atoms with Crippen molar-refractivity contribution in [3.63, 3.8) is 0 Å². The van der Waals surface area contributed by atoms with E-state index in [-0.39, 0.29) is 35.9 Å². The van der Waals surface area contributed by atoms with Crippen LogP contribution >= 0.6 is 0 Å². The number of ether oxygens (including phenoxy) is 1. The van der Waals surface area contributed by atoms with Crippen molar-refractivity contribution in [3.05, 3.63) is 71.5 Å². The van der Waals surface area contributed by atoms with Gasteiger partial charge in [-0.05, 0) is 43.2 Å². The number of hydrogen-bond acceptors (Lipinski definition) is 8. The maximum atomic E-state index is 13.7. The fourth-order valence-corrected chi connectivity index (χ4v) is 4.54. The number of pyridine rings is 2. The zero-order valence-electron chi connectivity index (χ0n) is 21.8. The third-order valence-corrected chi connectivity index (χ3v) is 7.44. The van der Waals surface area contributed by atoms with E-state index in [9.17, 15) is 26.4 Å².